The van der Waals surface area contributed by atoms with Crippen molar-refractivity contribution in [2.45, 2.75) is 32.7 Å². The molecule has 0 amide bonds. The zero-order chi connectivity index (χ0) is 14.4. The standard InChI is InChI=1S/C17H21FN2/c1-3-9-19-17(14-7-4-8-15(18)11-14)12-16-13(2)6-5-10-20-16/h4-8,10-11,17,19H,3,9,12H2,1-2H3. The number of aryl methyl sites for hydroxylation is 1. The van der Waals surface area contributed by atoms with Gasteiger partial charge in [0.1, 0.15) is 5.82 Å². The second-order valence-electron chi connectivity index (χ2n) is 5.03. The summed E-state index contributed by atoms with van der Waals surface area (Å²) in [5.74, 6) is -0.191. The fourth-order valence-corrected chi connectivity index (χ4v) is 2.28. The van der Waals surface area contributed by atoms with Crippen LogP contribution in [0.3, 0.4) is 0 Å². The molecule has 1 N–H and O–H groups in total. The lowest BCUT2D eigenvalue weighted by molar-refractivity contribution is 0.518. The molecule has 0 bridgehead atoms. The maximum absolute atomic E-state index is 13.4. The monoisotopic (exact) mass is 272 g/mol. The quantitative estimate of drug-likeness (QED) is 0.865. The Balaban J connectivity index is 2.21. The van der Waals surface area contributed by atoms with Crippen LogP contribution in [0.25, 0.3) is 0 Å². The number of benzene rings is 1. The molecular formula is C17H21FN2. The van der Waals surface area contributed by atoms with Gasteiger partial charge in [-0.15, -0.1) is 0 Å². The van der Waals surface area contributed by atoms with E-state index in [-0.39, 0.29) is 11.9 Å². The van der Waals surface area contributed by atoms with E-state index in [4.69, 9.17) is 0 Å². The van der Waals surface area contributed by atoms with Crippen molar-refractivity contribution in [1.29, 1.82) is 0 Å². The minimum Gasteiger partial charge on any atom is -0.310 e. The molecule has 1 unspecified atom stereocenters. The van der Waals surface area contributed by atoms with Crippen LogP contribution in [0.2, 0.25) is 0 Å². The first-order valence-corrected chi connectivity index (χ1v) is 7.10. The van der Waals surface area contributed by atoms with Gasteiger partial charge in [-0.1, -0.05) is 25.1 Å². The Labute approximate surface area is 120 Å². The first-order chi connectivity index (χ1) is 9.70. The lowest BCUT2D eigenvalue weighted by Crippen LogP contribution is -2.24. The molecule has 0 saturated carbocycles. The Hall–Kier alpha value is -1.74. The average molecular weight is 272 g/mol. The highest BCUT2D eigenvalue weighted by atomic mass is 19.1. The Kier molecular flexibility index (Phi) is 5.24. The number of nitrogens with one attached hydrogen (secondary N) is 1. The lowest BCUT2D eigenvalue weighted by Gasteiger charge is -2.19. The first-order valence-electron chi connectivity index (χ1n) is 7.10. The molecule has 2 nitrogen and oxygen atoms in total. The van der Waals surface area contributed by atoms with Crippen molar-refractivity contribution >= 4 is 0 Å². The molecule has 1 aromatic heterocycles. The van der Waals surface area contributed by atoms with Crippen LogP contribution < -0.4 is 5.32 Å². The molecule has 0 aliphatic rings. The second-order valence-corrected chi connectivity index (χ2v) is 5.03. The van der Waals surface area contributed by atoms with Crippen molar-refractivity contribution in [3.63, 3.8) is 0 Å². The molecule has 2 rings (SSSR count). The van der Waals surface area contributed by atoms with E-state index in [1.165, 1.54) is 11.6 Å². The molecule has 20 heavy (non-hydrogen) atoms. The van der Waals surface area contributed by atoms with Gasteiger partial charge in [0.2, 0.25) is 0 Å². The molecule has 3 heteroatoms. The van der Waals surface area contributed by atoms with Crippen molar-refractivity contribution in [3.05, 3.63) is 65.2 Å². The van der Waals surface area contributed by atoms with Crippen LogP contribution in [0, 0.1) is 12.7 Å². The third-order valence-corrected chi connectivity index (χ3v) is 3.41. The Morgan fingerprint density at radius 3 is 2.80 bits per heavy atom. The smallest absolute Gasteiger partial charge is 0.123 e. The van der Waals surface area contributed by atoms with Gasteiger partial charge in [-0.2, -0.15) is 0 Å². The van der Waals surface area contributed by atoms with Gasteiger partial charge in [0.25, 0.3) is 0 Å². The van der Waals surface area contributed by atoms with Crippen molar-refractivity contribution in [1.82, 2.24) is 10.3 Å². The Morgan fingerprint density at radius 1 is 1.25 bits per heavy atom. The third kappa shape index (κ3) is 3.87. The van der Waals surface area contributed by atoms with E-state index in [1.807, 2.05) is 18.3 Å². The molecule has 0 saturated heterocycles. The van der Waals surface area contributed by atoms with Gasteiger partial charge in [-0.25, -0.2) is 4.39 Å². The van der Waals surface area contributed by atoms with Crippen LogP contribution in [-0.4, -0.2) is 11.5 Å². The van der Waals surface area contributed by atoms with Crippen LogP contribution in [0.1, 0.15) is 36.2 Å². The first kappa shape index (κ1) is 14.7. The van der Waals surface area contributed by atoms with Crippen molar-refractivity contribution in [2.75, 3.05) is 6.54 Å². The fourth-order valence-electron chi connectivity index (χ4n) is 2.28. The number of rotatable bonds is 6. The Bertz CT molecular complexity index is 554. The molecule has 0 fully saturated rings. The molecule has 1 heterocycles. The number of halogens is 1. The van der Waals surface area contributed by atoms with E-state index >= 15 is 0 Å². The number of aromatic nitrogens is 1. The summed E-state index contributed by atoms with van der Waals surface area (Å²) in [6.45, 7) is 5.10. The summed E-state index contributed by atoms with van der Waals surface area (Å²) in [6.07, 6.45) is 3.63. The lowest BCUT2D eigenvalue weighted by atomic mass is 9.99. The minimum atomic E-state index is -0.191. The van der Waals surface area contributed by atoms with Crippen molar-refractivity contribution < 1.29 is 4.39 Å². The zero-order valence-corrected chi connectivity index (χ0v) is 12.1. The van der Waals surface area contributed by atoms with Crippen LogP contribution in [0.5, 0.6) is 0 Å². The predicted octanol–water partition coefficient (Wildman–Crippen LogP) is 3.81. The third-order valence-electron chi connectivity index (χ3n) is 3.41. The van der Waals surface area contributed by atoms with Crippen molar-refractivity contribution in [3.8, 4) is 0 Å². The summed E-state index contributed by atoms with van der Waals surface area (Å²) >= 11 is 0. The average Bonchev–Trinajstić information content (AvgIpc) is 2.45. The van der Waals surface area contributed by atoms with E-state index in [1.54, 1.807) is 12.1 Å². The van der Waals surface area contributed by atoms with Gasteiger partial charge < -0.3 is 5.32 Å². The molecular weight excluding hydrogens is 251 g/mol. The van der Waals surface area contributed by atoms with Gasteiger partial charge in [-0.3, -0.25) is 4.98 Å². The molecule has 2 aromatic rings. The number of hydrogen-bond donors (Lipinski definition) is 1. The summed E-state index contributed by atoms with van der Waals surface area (Å²) < 4.78 is 13.4. The predicted molar refractivity (Wildman–Crippen MR) is 80.1 cm³/mol. The number of pyridine rings is 1. The van der Waals surface area contributed by atoms with Crippen LogP contribution in [0.15, 0.2) is 42.6 Å². The highest BCUT2D eigenvalue weighted by Gasteiger charge is 2.14. The van der Waals surface area contributed by atoms with Gasteiger partial charge >= 0.3 is 0 Å². The van der Waals surface area contributed by atoms with E-state index in [0.717, 1.165) is 30.6 Å². The normalized spacial score (nSPS) is 12.3. The largest absolute Gasteiger partial charge is 0.310 e. The van der Waals surface area contributed by atoms with Crippen molar-refractivity contribution in [2.24, 2.45) is 0 Å². The number of hydrogen-bond acceptors (Lipinski definition) is 2. The SMILES string of the molecule is CCCNC(Cc1ncccc1C)c1cccc(F)c1. The maximum Gasteiger partial charge on any atom is 0.123 e. The summed E-state index contributed by atoms with van der Waals surface area (Å²) in [5, 5.41) is 3.48. The topological polar surface area (TPSA) is 24.9 Å². The minimum absolute atomic E-state index is 0.0965. The van der Waals surface area contributed by atoms with Gasteiger partial charge in [0, 0.05) is 24.4 Å². The molecule has 1 aromatic carbocycles. The highest BCUT2D eigenvalue weighted by molar-refractivity contribution is 5.25. The molecule has 0 spiro atoms. The number of nitrogens with zero attached hydrogens (tertiary/aromatic N) is 1. The van der Waals surface area contributed by atoms with Gasteiger partial charge in [0.05, 0.1) is 0 Å². The molecule has 0 aliphatic carbocycles. The summed E-state index contributed by atoms with van der Waals surface area (Å²) in [4.78, 5) is 4.44. The molecule has 1 atom stereocenters. The zero-order valence-electron chi connectivity index (χ0n) is 12.1. The molecule has 106 valence electrons. The highest BCUT2D eigenvalue weighted by Crippen LogP contribution is 2.20. The second kappa shape index (κ2) is 7.15. The summed E-state index contributed by atoms with van der Waals surface area (Å²) in [7, 11) is 0. The van der Waals surface area contributed by atoms with Gasteiger partial charge in [0.15, 0.2) is 0 Å². The van der Waals surface area contributed by atoms with E-state index < -0.39 is 0 Å². The van der Waals surface area contributed by atoms with Crippen LogP contribution >= 0.6 is 0 Å². The van der Waals surface area contributed by atoms with E-state index in [9.17, 15) is 4.39 Å². The maximum atomic E-state index is 13.4. The molecule has 0 aliphatic heterocycles. The molecule has 0 radical (unpaired) electrons. The van der Waals surface area contributed by atoms with Gasteiger partial charge in [-0.05, 0) is 49.2 Å². The fraction of sp³-hybridized carbons (Fsp3) is 0.353. The summed E-state index contributed by atoms with van der Waals surface area (Å²) in [5.41, 5.74) is 3.21. The Morgan fingerprint density at radius 2 is 2.10 bits per heavy atom. The van der Waals surface area contributed by atoms with Crippen LogP contribution in [-0.2, 0) is 6.42 Å². The summed E-state index contributed by atoms with van der Waals surface area (Å²) in [6, 6.07) is 10.9. The van der Waals surface area contributed by atoms with E-state index in [2.05, 4.69) is 30.2 Å². The van der Waals surface area contributed by atoms with E-state index in [0.29, 0.717) is 0 Å². The van der Waals surface area contributed by atoms with Crippen LogP contribution in [0.4, 0.5) is 4.39 Å².